The molecule has 0 bridgehead atoms. The predicted octanol–water partition coefficient (Wildman–Crippen LogP) is 0.771. The summed E-state index contributed by atoms with van der Waals surface area (Å²) in [5.41, 5.74) is 2.29. The van der Waals surface area contributed by atoms with Gasteiger partial charge in [-0.25, -0.2) is 0 Å². The molecule has 6 heteroatoms. The standard InChI is InChI=1S/C13H17NO4S/c1-9-3-5-10(6-4-9)7-11-8-12(13(15)14-11)18-19(2,16)17/h3-6,11-12H,7-8H2,1-2H3,(H,14,15). The van der Waals surface area contributed by atoms with Crippen LogP contribution in [0.2, 0.25) is 0 Å². The second-order valence-corrected chi connectivity index (χ2v) is 6.52. The van der Waals surface area contributed by atoms with E-state index in [4.69, 9.17) is 4.18 Å². The zero-order valence-electron chi connectivity index (χ0n) is 10.9. The van der Waals surface area contributed by atoms with Crippen molar-refractivity contribution in [1.29, 1.82) is 0 Å². The highest BCUT2D eigenvalue weighted by molar-refractivity contribution is 7.86. The number of carbonyl (C=O) groups excluding carboxylic acids is 1. The Morgan fingerprint density at radius 3 is 2.53 bits per heavy atom. The van der Waals surface area contributed by atoms with E-state index < -0.39 is 16.2 Å². The van der Waals surface area contributed by atoms with Crippen molar-refractivity contribution in [2.45, 2.75) is 31.9 Å². The second-order valence-electron chi connectivity index (χ2n) is 4.92. The van der Waals surface area contributed by atoms with Crippen molar-refractivity contribution in [2.24, 2.45) is 0 Å². The summed E-state index contributed by atoms with van der Waals surface area (Å²) in [6.07, 6.45) is 1.11. The smallest absolute Gasteiger partial charge is 0.265 e. The molecular formula is C13H17NO4S. The summed E-state index contributed by atoms with van der Waals surface area (Å²) >= 11 is 0. The van der Waals surface area contributed by atoms with E-state index in [0.29, 0.717) is 12.8 Å². The minimum Gasteiger partial charge on any atom is -0.351 e. The van der Waals surface area contributed by atoms with Crippen LogP contribution in [0, 0.1) is 6.92 Å². The maximum absolute atomic E-state index is 11.6. The number of amides is 1. The van der Waals surface area contributed by atoms with Crippen molar-refractivity contribution in [2.75, 3.05) is 6.26 Å². The Hall–Kier alpha value is -1.40. The van der Waals surface area contributed by atoms with E-state index in [9.17, 15) is 13.2 Å². The predicted molar refractivity (Wildman–Crippen MR) is 71.1 cm³/mol. The van der Waals surface area contributed by atoms with Gasteiger partial charge in [0.15, 0.2) is 6.10 Å². The van der Waals surface area contributed by atoms with E-state index in [1.54, 1.807) is 0 Å². The summed E-state index contributed by atoms with van der Waals surface area (Å²) in [7, 11) is -3.60. The lowest BCUT2D eigenvalue weighted by Crippen LogP contribution is -2.30. The first-order valence-electron chi connectivity index (χ1n) is 6.08. The van der Waals surface area contributed by atoms with Gasteiger partial charge >= 0.3 is 0 Å². The molecule has 1 aliphatic heterocycles. The summed E-state index contributed by atoms with van der Waals surface area (Å²) in [4.78, 5) is 11.6. The fraction of sp³-hybridized carbons (Fsp3) is 0.462. The molecule has 0 aliphatic carbocycles. The molecule has 1 fully saturated rings. The lowest BCUT2D eigenvalue weighted by molar-refractivity contribution is -0.124. The van der Waals surface area contributed by atoms with Gasteiger partial charge in [-0.15, -0.1) is 0 Å². The number of hydrogen-bond donors (Lipinski definition) is 1. The van der Waals surface area contributed by atoms with Gasteiger partial charge in [0.1, 0.15) is 0 Å². The normalized spacial score (nSPS) is 23.4. The highest BCUT2D eigenvalue weighted by Gasteiger charge is 2.35. The van der Waals surface area contributed by atoms with Gasteiger partial charge < -0.3 is 5.32 Å². The Labute approximate surface area is 113 Å². The van der Waals surface area contributed by atoms with Crippen molar-refractivity contribution in [3.05, 3.63) is 35.4 Å². The Balaban J connectivity index is 1.97. The summed E-state index contributed by atoms with van der Waals surface area (Å²) in [6, 6.07) is 7.95. The molecule has 1 aliphatic rings. The summed E-state index contributed by atoms with van der Waals surface area (Å²) in [6.45, 7) is 2.01. The van der Waals surface area contributed by atoms with Crippen molar-refractivity contribution in [1.82, 2.24) is 5.32 Å². The van der Waals surface area contributed by atoms with Crippen LogP contribution in [0.5, 0.6) is 0 Å². The molecule has 1 saturated heterocycles. The molecule has 2 rings (SSSR count). The van der Waals surface area contributed by atoms with Gasteiger partial charge in [-0.2, -0.15) is 8.42 Å². The molecule has 19 heavy (non-hydrogen) atoms. The minimum absolute atomic E-state index is 0.0815. The SMILES string of the molecule is Cc1ccc(CC2CC(OS(C)(=O)=O)C(=O)N2)cc1. The first-order valence-corrected chi connectivity index (χ1v) is 7.89. The Bertz CT molecular complexity index is 565. The molecule has 0 radical (unpaired) electrons. The highest BCUT2D eigenvalue weighted by atomic mass is 32.2. The van der Waals surface area contributed by atoms with Gasteiger partial charge in [0.2, 0.25) is 0 Å². The number of carbonyl (C=O) groups is 1. The molecule has 0 spiro atoms. The monoisotopic (exact) mass is 283 g/mol. The second kappa shape index (κ2) is 5.30. The maximum Gasteiger partial charge on any atom is 0.265 e. The van der Waals surface area contributed by atoms with Crippen LogP contribution >= 0.6 is 0 Å². The molecule has 0 saturated carbocycles. The van der Waals surface area contributed by atoms with Crippen molar-refractivity contribution >= 4 is 16.0 Å². The van der Waals surface area contributed by atoms with Crippen LogP contribution in [0.15, 0.2) is 24.3 Å². The molecule has 1 heterocycles. The Kier molecular flexibility index (Phi) is 3.91. The molecule has 1 amide bonds. The lowest BCUT2D eigenvalue weighted by Gasteiger charge is -2.09. The molecule has 5 nitrogen and oxygen atoms in total. The van der Waals surface area contributed by atoms with Gasteiger partial charge in [0.05, 0.1) is 6.26 Å². The lowest BCUT2D eigenvalue weighted by atomic mass is 10.0. The summed E-state index contributed by atoms with van der Waals surface area (Å²) in [5, 5.41) is 2.76. The Morgan fingerprint density at radius 2 is 1.95 bits per heavy atom. The minimum atomic E-state index is -3.60. The van der Waals surface area contributed by atoms with E-state index in [1.165, 1.54) is 5.56 Å². The van der Waals surface area contributed by atoms with E-state index in [1.807, 2.05) is 31.2 Å². The summed E-state index contributed by atoms with van der Waals surface area (Å²) in [5.74, 6) is -0.359. The van der Waals surface area contributed by atoms with Gasteiger partial charge in [-0.1, -0.05) is 29.8 Å². The average Bonchev–Trinajstić information content (AvgIpc) is 2.60. The van der Waals surface area contributed by atoms with Crippen molar-refractivity contribution in [3.8, 4) is 0 Å². The molecule has 1 aromatic carbocycles. The first-order chi connectivity index (χ1) is 8.83. The van der Waals surface area contributed by atoms with Crippen LogP contribution in [0.25, 0.3) is 0 Å². The van der Waals surface area contributed by atoms with Gasteiger partial charge in [0.25, 0.3) is 16.0 Å². The van der Waals surface area contributed by atoms with E-state index in [0.717, 1.165) is 11.8 Å². The number of aryl methyl sites for hydroxylation is 1. The van der Waals surface area contributed by atoms with Crippen molar-refractivity contribution in [3.63, 3.8) is 0 Å². The van der Waals surface area contributed by atoms with Crippen LogP contribution in [-0.2, 0) is 25.5 Å². The zero-order chi connectivity index (χ0) is 14.0. The van der Waals surface area contributed by atoms with Crippen molar-refractivity contribution < 1.29 is 17.4 Å². The number of hydrogen-bond acceptors (Lipinski definition) is 4. The third-order valence-corrected chi connectivity index (χ3v) is 3.61. The van der Waals surface area contributed by atoms with Gasteiger partial charge in [0, 0.05) is 12.5 Å². The summed E-state index contributed by atoms with van der Waals surface area (Å²) < 4.78 is 26.8. The quantitative estimate of drug-likeness (QED) is 0.829. The average molecular weight is 283 g/mol. The zero-order valence-corrected chi connectivity index (χ0v) is 11.7. The van der Waals surface area contributed by atoms with Gasteiger partial charge in [-0.3, -0.25) is 8.98 Å². The molecular weight excluding hydrogens is 266 g/mol. The van der Waals surface area contributed by atoms with E-state index >= 15 is 0 Å². The fourth-order valence-electron chi connectivity index (χ4n) is 2.16. The molecule has 1 N–H and O–H groups in total. The number of benzene rings is 1. The van der Waals surface area contributed by atoms with Gasteiger partial charge in [-0.05, 0) is 18.9 Å². The topological polar surface area (TPSA) is 72.5 Å². The highest BCUT2D eigenvalue weighted by Crippen LogP contribution is 2.17. The molecule has 0 aromatic heterocycles. The van der Waals surface area contributed by atoms with Crippen LogP contribution in [0.4, 0.5) is 0 Å². The molecule has 104 valence electrons. The molecule has 2 unspecified atom stereocenters. The molecule has 1 aromatic rings. The third-order valence-electron chi connectivity index (χ3n) is 3.03. The van der Waals surface area contributed by atoms with E-state index in [-0.39, 0.29) is 11.9 Å². The fourth-order valence-corrected chi connectivity index (χ4v) is 2.74. The number of nitrogens with one attached hydrogen (secondary N) is 1. The van der Waals surface area contributed by atoms with Crippen LogP contribution in [0.3, 0.4) is 0 Å². The Morgan fingerprint density at radius 1 is 1.32 bits per heavy atom. The van der Waals surface area contributed by atoms with Crippen LogP contribution < -0.4 is 5.32 Å². The molecule has 2 atom stereocenters. The van der Waals surface area contributed by atoms with Crippen LogP contribution in [0.1, 0.15) is 17.5 Å². The number of rotatable bonds is 4. The first kappa shape index (κ1) is 14.0. The third kappa shape index (κ3) is 4.04. The largest absolute Gasteiger partial charge is 0.351 e. The van der Waals surface area contributed by atoms with Crippen LogP contribution in [-0.4, -0.2) is 32.7 Å². The van der Waals surface area contributed by atoms with E-state index in [2.05, 4.69) is 5.32 Å². The maximum atomic E-state index is 11.6.